The zero-order valence-electron chi connectivity index (χ0n) is 10.7. The highest BCUT2D eigenvalue weighted by Gasteiger charge is 2.08. The summed E-state index contributed by atoms with van der Waals surface area (Å²) in [5.74, 6) is 0.844. The fraction of sp³-hybridized carbons (Fsp3) is 0.538. The fourth-order valence-electron chi connectivity index (χ4n) is 1.48. The van der Waals surface area contributed by atoms with E-state index in [9.17, 15) is 5.11 Å². The van der Waals surface area contributed by atoms with Crippen LogP contribution in [0.4, 0.5) is 0 Å². The van der Waals surface area contributed by atoms with Crippen LogP contribution in [0.1, 0.15) is 25.8 Å². The van der Waals surface area contributed by atoms with Gasteiger partial charge in [0.15, 0.2) is 0 Å². The lowest BCUT2D eigenvalue weighted by atomic mass is 10.2. The van der Waals surface area contributed by atoms with E-state index in [-0.39, 0.29) is 6.10 Å². The van der Waals surface area contributed by atoms with Gasteiger partial charge in [-0.3, -0.25) is 0 Å². The van der Waals surface area contributed by atoms with Crippen molar-refractivity contribution in [1.82, 2.24) is 5.32 Å². The predicted molar refractivity (Wildman–Crippen MR) is 81.0 cm³/mol. The second kappa shape index (κ2) is 8.15. The van der Waals surface area contributed by atoms with Crippen molar-refractivity contribution in [1.29, 1.82) is 0 Å². The monoisotopic (exact) mass is 379 g/mol. The summed E-state index contributed by atoms with van der Waals surface area (Å²) < 4.78 is 7.55. The minimum absolute atomic E-state index is 0.330. The second-order valence-corrected chi connectivity index (χ2v) is 5.93. The van der Waals surface area contributed by atoms with Crippen molar-refractivity contribution in [2.24, 2.45) is 0 Å². The Labute approximate surface area is 125 Å². The van der Waals surface area contributed by atoms with Crippen molar-refractivity contribution < 1.29 is 9.84 Å². The van der Waals surface area contributed by atoms with E-state index < -0.39 is 0 Å². The van der Waals surface area contributed by atoms with E-state index in [1.165, 1.54) is 0 Å². The zero-order chi connectivity index (χ0) is 13.5. The number of aliphatic hydroxyl groups is 1. The summed E-state index contributed by atoms with van der Waals surface area (Å²) in [6, 6.07) is 4.07. The molecule has 0 spiro atoms. The van der Waals surface area contributed by atoms with Crippen LogP contribution in [0.2, 0.25) is 0 Å². The highest BCUT2D eigenvalue weighted by atomic mass is 79.9. The van der Waals surface area contributed by atoms with Crippen molar-refractivity contribution >= 4 is 31.9 Å². The summed E-state index contributed by atoms with van der Waals surface area (Å²) in [4.78, 5) is 0. The van der Waals surface area contributed by atoms with Gasteiger partial charge in [0.1, 0.15) is 5.75 Å². The molecule has 102 valence electrons. The van der Waals surface area contributed by atoms with E-state index in [0.717, 1.165) is 33.2 Å². The van der Waals surface area contributed by atoms with Crippen LogP contribution in [-0.2, 0) is 6.54 Å². The molecule has 0 aliphatic rings. The highest BCUT2D eigenvalue weighted by molar-refractivity contribution is 9.11. The van der Waals surface area contributed by atoms with Gasteiger partial charge >= 0.3 is 0 Å². The zero-order valence-corrected chi connectivity index (χ0v) is 13.8. The number of hydrogen-bond donors (Lipinski definition) is 2. The first-order valence-corrected chi connectivity index (χ1v) is 7.62. The summed E-state index contributed by atoms with van der Waals surface area (Å²) >= 11 is 7.03. The Bertz CT molecular complexity index is 360. The molecule has 0 aromatic heterocycles. The van der Waals surface area contributed by atoms with Crippen LogP contribution in [0.25, 0.3) is 0 Å². The minimum Gasteiger partial charge on any atom is -0.491 e. The maximum Gasteiger partial charge on any atom is 0.147 e. The first-order valence-electron chi connectivity index (χ1n) is 6.04. The Morgan fingerprint density at radius 3 is 2.44 bits per heavy atom. The first-order chi connectivity index (χ1) is 8.54. The van der Waals surface area contributed by atoms with Crippen LogP contribution >= 0.6 is 31.9 Å². The molecular formula is C13H19Br2NO2. The number of ether oxygens (including phenoxy) is 1. The molecule has 1 atom stereocenters. The Morgan fingerprint density at radius 1 is 1.33 bits per heavy atom. The van der Waals surface area contributed by atoms with Crippen molar-refractivity contribution in [3.05, 3.63) is 26.6 Å². The molecule has 0 fully saturated rings. The fourth-order valence-corrected chi connectivity index (χ4v) is 2.99. The van der Waals surface area contributed by atoms with Gasteiger partial charge in [0.25, 0.3) is 0 Å². The molecule has 18 heavy (non-hydrogen) atoms. The summed E-state index contributed by atoms with van der Waals surface area (Å²) in [6.45, 7) is 5.85. The average Bonchev–Trinajstić information content (AvgIpc) is 2.27. The molecule has 1 aromatic rings. The maximum absolute atomic E-state index is 9.18. The molecule has 0 bridgehead atoms. The van der Waals surface area contributed by atoms with Gasteiger partial charge in [-0.15, -0.1) is 0 Å². The molecule has 5 heteroatoms. The largest absolute Gasteiger partial charge is 0.491 e. The number of nitrogens with one attached hydrogen (secondary N) is 1. The first kappa shape index (κ1) is 16.0. The van der Waals surface area contributed by atoms with Crippen molar-refractivity contribution in [3.63, 3.8) is 0 Å². The molecule has 1 aromatic carbocycles. The minimum atomic E-state index is -0.330. The highest BCUT2D eigenvalue weighted by Crippen LogP contribution is 2.34. The molecule has 0 heterocycles. The van der Waals surface area contributed by atoms with E-state index >= 15 is 0 Å². The van der Waals surface area contributed by atoms with Gasteiger partial charge in [-0.1, -0.05) is 6.92 Å². The van der Waals surface area contributed by atoms with Gasteiger partial charge < -0.3 is 15.2 Å². The van der Waals surface area contributed by atoms with Crippen LogP contribution in [0.3, 0.4) is 0 Å². The van der Waals surface area contributed by atoms with Crippen molar-refractivity contribution in [2.45, 2.75) is 32.9 Å². The third-order valence-corrected chi connectivity index (χ3v) is 3.46. The molecule has 0 saturated heterocycles. The van der Waals surface area contributed by atoms with E-state index in [0.29, 0.717) is 13.2 Å². The molecule has 2 N–H and O–H groups in total. The lowest BCUT2D eigenvalue weighted by Gasteiger charge is -2.12. The third kappa shape index (κ3) is 5.26. The van der Waals surface area contributed by atoms with E-state index in [2.05, 4.69) is 44.1 Å². The third-order valence-electron chi connectivity index (χ3n) is 2.28. The molecule has 1 rings (SSSR count). The van der Waals surface area contributed by atoms with Crippen LogP contribution in [0, 0.1) is 0 Å². The lowest BCUT2D eigenvalue weighted by molar-refractivity contribution is 0.191. The van der Waals surface area contributed by atoms with Crippen LogP contribution in [0.5, 0.6) is 5.75 Å². The molecule has 0 saturated carbocycles. The molecule has 0 aliphatic heterocycles. The number of aliphatic hydroxyl groups excluding tert-OH is 1. The predicted octanol–water partition coefficient (Wildman–Crippen LogP) is 3.47. The molecular weight excluding hydrogens is 362 g/mol. The number of halogens is 2. The van der Waals surface area contributed by atoms with E-state index in [1.807, 2.05) is 12.1 Å². The normalized spacial score (nSPS) is 12.5. The lowest BCUT2D eigenvalue weighted by Crippen LogP contribution is -2.23. The molecule has 0 aliphatic carbocycles. The summed E-state index contributed by atoms with van der Waals surface area (Å²) in [6.07, 6.45) is 0.653. The molecule has 0 unspecified atom stereocenters. The summed E-state index contributed by atoms with van der Waals surface area (Å²) in [5.41, 5.74) is 1.14. The smallest absolute Gasteiger partial charge is 0.147 e. The number of hydrogen-bond acceptors (Lipinski definition) is 3. The number of rotatable bonds is 7. The second-order valence-electron chi connectivity index (χ2n) is 4.22. The van der Waals surface area contributed by atoms with Gasteiger partial charge in [0, 0.05) is 13.1 Å². The number of benzene rings is 1. The quantitative estimate of drug-likeness (QED) is 0.760. The maximum atomic E-state index is 9.18. The SMILES string of the molecule is CCCOc1c(Br)cc(CNC[C@H](C)O)cc1Br. The standard InChI is InChI=1S/C13H19Br2NO2/c1-3-4-18-13-11(14)5-10(6-12(13)15)8-16-7-9(2)17/h5-6,9,16-17H,3-4,7-8H2,1-2H3/t9-/m0/s1. The van der Waals surface area contributed by atoms with Gasteiger partial charge in [-0.2, -0.15) is 0 Å². The Morgan fingerprint density at radius 2 is 1.94 bits per heavy atom. The Hall–Kier alpha value is -0.100. The van der Waals surface area contributed by atoms with Crippen molar-refractivity contribution in [3.8, 4) is 5.75 Å². The van der Waals surface area contributed by atoms with Crippen molar-refractivity contribution in [2.75, 3.05) is 13.2 Å². The van der Waals surface area contributed by atoms with Gasteiger partial charge in [-0.05, 0) is 62.9 Å². The topological polar surface area (TPSA) is 41.5 Å². The van der Waals surface area contributed by atoms with E-state index in [4.69, 9.17) is 4.74 Å². The van der Waals surface area contributed by atoms with Crippen LogP contribution < -0.4 is 10.1 Å². The molecule has 0 radical (unpaired) electrons. The van der Waals surface area contributed by atoms with Crippen LogP contribution in [-0.4, -0.2) is 24.4 Å². The summed E-state index contributed by atoms with van der Waals surface area (Å²) in [7, 11) is 0. The van der Waals surface area contributed by atoms with Gasteiger partial charge in [0.2, 0.25) is 0 Å². The van der Waals surface area contributed by atoms with Gasteiger partial charge in [0.05, 0.1) is 21.7 Å². The Kier molecular flexibility index (Phi) is 7.22. The summed E-state index contributed by atoms with van der Waals surface area (Å²) in [5, 5.41) is 12.4. The average molecular weight is 381 g/mol. The molecule has 3 nitrogen and oxygen atoms in total. The van der Waals surface area contributed by atoms with Crippen LogP contribution in [0.15, 0.2) is 21.1 Å². The van der Waals surface area contributed by atoms with Gasteiger partial charge in [-0.25, -0.2) is 0 Å². The molecule has 0 amide bonds. The Balaban J connectivity index is 2.67. The van der Waals surface area contributed by atoms with E-state index in [1.54, 1.807) is 6.92 Å².